The van der Waals surface area contributed by atoms with Crippen LogP contribution in [0.4, 0.5) is 0 Å². The molecule has 0 amide bonds. The second kappa shape index (κ2) is 6.14. The molecule has 1 N–H and O–H groups in total. The van der Waals surface area contributed by atoms with Crippen LogP contribution in [0.5, 0.6) is 0 Å². The summed E-state index contributed by atoms with van der Waals surface area (Å²) in [7, 11) is 4.33. The van der Waals surface area contributed by atoms with Crippen LogP contribution in [-0.2, 0) is 0 Å². The molecule has 0 bridgehead atoms. The molecule has 2 aliphatic rings. The Balaban J connectivity index is 1.80. The van der Waals surface area contributed by atoms with Crippen LogP contribution in [0.2, 0.25) is 0 Å². The summed E-state index contributed by atoms with van der Waals surface area (Å²) in [5.74, 6) is 0.811. The normalized spacial score (nSPS) is 30.0. The van der Waals surface area contributed by atoms with E-state index in [1.165, 1.54) is 32.5 Å². The largest absolute Gasteiger partial charge is 0.393 e. The van der Waals surface area contributed by atoms with Crippen molar-refractivity contribution in [3.63, 3.8) is 0 Å². The molecule has 0 spiro atoms. The van der Waals surface area contributed by atoms with Crippen LogP contribution in [0, 0.1) is 5.92 Å². The summed E-state index contributed by atoms with van der Waals surface area (Å²) in [4.78, 5) is 2.30. The van der Waals surface area contributed by atoms with Gasteiger partial charge in [0, 0.05) is 32.7 Å². The number of piperidine rings is 2. The average molecular weight is 241 g/mol. The maximum atomic E-state index is 9.54. The molecule has 1 unspecified atom stereocenters. The smallest absolute Gasteiger partial charge is 0.0565 e. The summed E-state index contributed by atoms with van der Waals surface area (Å²) in [5.41, 5.74) is 0. The van der Waals surface area contributed by atoms with Gasteiger partial charge in [0.2, 0.25) is 0 Å². The van der Waals surface area contributed by atoms with Crippen LogP contribution in [-0.4, -0.2) is 72.9 Å². The lowest BCUT2D eigenvalue weighted by Crippen LogP contribution is -2.52. The van der Waals surface area contributed by atoms with Crippen LogP contribution < -0.4 is 0 Å². The molecule has 2 saturated heterocycles. The molecule has 0 radical (unpaired) electrons. The van der Waals surface area contributed by atoms with Crippen molar-refractivity contribution in [2.75, 3.05) is 46.8 Å². The number of aliphatic hydroxyl groups is 1. The predicted octanol–water partition coefficient (Wildman–Crippen LogP) is 0.632. The molecule has 1 atom stereocenters. The van der Waals surface area contributed by atoms with Gasteiger partial charge in [-0.15, -0.1) is 0 Å². The van der Waals surface area contributed by atoms with Crippen molar-refractivity contribution in [1.82, 2.24) is 14.9 Å². The zero-order valence-corrected chi connectivity index (χ0v) is 11.3. The molecule has 0 saturated carbocycles. The van der Waals surface area contributed by atoms with E-state index in [-0.39, 0.29) is 6.10 Å². The molecule has 0 aliphatic carbocycles. The first-order valence-electron chi connectivity index (χ1n) is 6.98. The van der Waals surface area contributed by atoms with Gasteiger partial charge in [0.25, 0.3) is 0 Å². The first kappa shape index (κ1) is 13.3. The Hall–Kier alpha value is -0.160. The van der Waals surface area contributed by atoms with E-state index in [4.69, 9.17) is 0 Å². The van der Waals surface area contributed by atoms with E-state index in [1.807, 2.05) is 0 Å². The SMILES string of the molecule is CN(C)CC1CCCN(N2CCC(O)CC2)C1. The van der Waals surface area contributed by atoms with Crippen molar-refractivity contribution in [2.24, 2.45) is 5.92 Å². The van der Waals surface area contributed by atoms with Gasteiger partial charge < -0.3 is 10.0 Å². The average Bonchev–Trinajstić information content (AvgIpc) is 2.29. The van der Waals surface area contributed by atoms with Crippen molar-refractivity contribution < 1.29 is 5.11 Å². The van der Waals surface area contributed by atoms with Gasteiger partial charge in [-0.05, 0) is 45.7 Å². The molecule has 2 fully saturated rings. The van der Waals surface area contributed by atoms with E-state index in [1.54, 1.807) is 0 Å². The van der Waals surface area contributed by atoms with Crippen LogP contribution in [0.1, 0.15) is 25.7 Å². The van der Waals surface area contributed by atoms with Crippen LogP contribution in [0.25, 0.3) is 0 Å². The molecule has 4 heteroatoms. The summed E-state index contributed by atoms with van der Waals surface area (Å²) in [5, 5.41) is 14.5. The standard InChI is InChI=1S/C13H27N3O/c1-14(2)10-12-4-3-7-16(11-12)15-8-5-13(17)6-9-15/h12-13,17H,3-11H2,1-2H3. The Morgan fingerprint density at radius 1 is 1.06 bits per heavy atom. The Kier molecular flexibility index (Phi) is 4.79. The highest BCUT2D eigenvalue weighted by atomic mass is 16.3. The minimum Gasteiger partial charge on any atom is -0.393 e. The minimum absolute atomic E-state index is 0.0615. The molecule has 2 aliphatic heterocycles. The molecule has 2 rings (SSSR count). The summed E-state index contributed by atoms with van der Waals surface area (Å²) in [6.07, 6.45) is 4.50. The lowest BCUT2D eigenvalue weighted by atomic mass is 9.98. The number of nitrogens with zero attached hydrogens (tertiary/aromatic N) is 3. The number of hydrogen-bond acceptors (Lipinski definition) is 4. The highest BCUT2D eigenvalue weighted by Gasteiger charge is 2.27. The van der Waals surface area contributed by atoms with Gasteiger partial charge in [-0.1, -0.05) is 0 Å². The monoisotopic (exact) mass is 241 g/mol. The number of aliphatic hydroxyl groups excluding tert-OH is 1. The zero-order valence-electron chi connectivity index (χ0n) is 11.3. The molecule has 4 nitrogen and oxygen atoms in total. The Morgan fingerprint density at radius 3 is 2.41 bits per heavy atom. The van der Waals surface area contributed by atoms with E-state index >= 15 is 0 Å². The Labute approximate surface area is 105 Å². The third-order valence-electron chi connectivity index (χ3n) is 3.96. The van der Waals surface area contributed by atoms with E-state index in [9.17, 15) is 5.11 Å². The number of rotatable bonds is 3. The topological polar surface area (TPSA) is 30.0 Å². The quantitative estimate of drug-likeness (QED) is 0.785. The summed E-state index contributed by atoms with van der Waals surface area (Å²) in [6, 6.07) is 0. The van der Waals surface area contributed by atoms with Crippen LogP contribution >= 0.6 is 0 Å². The summed E-state index contributed by atoms with van der Waals surface area (Å²) < 4.78 is 0. The van der Waals surface area contributed by atoms with Crippen molar-refractivity contribution >= 4 is 0 Å². The van der Waals surface area contributed by atoms with Crippen LogP contribution in [0.3, 0.4) is 0 Å². The second-order valence-electron chi connectivity index (χ2n) is 5.87. The molecule has 2 heterocycles. The van der Waals surface area contributed by atoms with Gasteiger partial charge in [-0.25, -0.2) is 10.0 Å². The second-order valence-corrected chi connectivity index (χ2v) is 5.87. The van der Waals surface area contributed by atoms with Gasteiger partial charge in [0.15, 0.2) is 0 Å². The molecular formula is C13H27N3O. The van der Waals surface area contributed by atoms with E-state index < -0.39 is 0 Å². The fourth-order valence-corrected chi connectivity index (χ4v) is 3.10. The van der Waals surface area contributed by atoms with Gasteiger partial charge in [-0.2, -0.15) is 0 Å². The first-order valence-corrected chi connectivity index (χ1v) is 6.98. The molecular weight excluding hydrogens is 214 g/mol. The van der Waals surface area contributed by atoms with Gasteiger partial charge in [0.05, 0.1) is 6.10 Å². The van der Waals surface area contributed by atoms with Gasteiger partial charge in [-0.3, -0.25) is 0 Å². The lowest BCUT2D eigenvalue weighted by molar-refractivity contribution is -0.0869. The summed E-state index contributed by atoms with van der Waals surface area (Å²) >= 11 is 0. The minimum atomic E-state index is -0.0615. The van der Waals surface area contributed by atoms with Gasteiger partial charge >= 0.3 is 0 Å². The molecule has 0 aromatic heterocycles. The first-order chi connectivity index (χ1) is 8.15. The fraction of sp³-hybridized carbons (Fsp3) is 1.00. The third kappa shape index (κ3) is 3.91. The van der Waals surface area contributed by atoms with E-state index in [0.29, 0.717) is 0 Å². The molecule has 17 heavy (non-hydrogen) atoms. The van der Waals surface area contributed by atoms with Crippen molar-refractivity contribution in [3.8, 4) is 0 Å². The molecule has 0 aromatic carbocycles. The van der Waals surface area contributed by atoms with Crippen LogP contribution in [0.15, 0.2) is 0 Å². The Bertz CT molecular complexity index is 227. The van der Waals surface area contributed by atoms with E-state index in [2.05, 4.69) is 29.0 Å². The molecule has 0 aromatic rings. The lowest BCUT2D eigenvalue weighted by Gasteiger charge is -2.43. The number of hydrazine groups is 1. The zero-order chi connectivity index (χ0) is 12.3. The van der Waals surface area contributed by atoms with Gasteiger partial charge in [0.1, 0.15) is 0 Å². The maximum absolute atomic E-state index is 9.54. The third-order valence-corrected chi connectivity index (χ3v) is 3.96. The predicted molar refractivity (Wildman–Crippen MR) is 69.7 cm³/mol. The van der Waals surface area contributed by atoms with Crippen molar-refractivity contribution in [2.45, 2.75) is 31.8 Å². The summed E-state index contributed by atoms with van der Waals surface area (Å²) in [6.45, 7) is 5.69. The Morgan fingerprint density at radius 2 is 1.76 bits per heavy atom. The van der Waals surface area contributed by atoms with Crippen molar-refractivity contribution in [1.29, 1.82) is 0 Å². The van der Waals surface area contributed by atoms with E-state index in [0.717, 1.165) is 31.8 Å². The number of hydrogen-bond donors (Lipinski definition) is 1. The highest BCUT2D eigenvalue weighted by Crippen LogP contribution is 2.21. The highest BCUT2D eigenvalue weighted by molar-refractivity contribution is 4.76. The van der Waals surface area contributed by atoms with Crippen molar-refractivity contribution in [3.05, 3.63) is 0 Å². The maximum Gasteiger partial charge on any atom is 0.0565 e. The molecule has 100 valence electrons. The fourth-order valence-electron chi connectivity index (χ4n) is 3.10.